The van der Waals surface area contributed by atoms with Gasteiger partial charge in [0.05, 0.1) is 7.11 Å². The van der Waals surface area contributed by atoms with Crippen LogP contribution in [0.2, 0.25) is 0 Å². The number of methoxy groups -OCH3 is 1. The van der Waals surface area contributed by atoms with Crippen molar-refractivity contribution in [2.24, 2.45) is 0 Å². The Kier molecular flexibility index (Phi) is 4.56. The first-order valence-corrected chi connectivity index (χ1v) is 8.10. The second-order valence-electron chi connectivity index (χ2n) is 5.87. The number of amides is 1. The number of benzene rings is 2. The van der Waals surface area contributed by atoms with E-state index in [2.05, 4.69) is 19.2 Å². The number of hydrogen-bond acceptors (Lipinski definition) is 3. The number of fused-ring (bicyclic) bond motifs is 1. The molecule has 1 amide bonds. The molecule has 0 unspecified atom stereocenters. The normalized spacial score (nSPS) is 12.1. The summed E-state index contributed by atoms with van der Waals surface area (Å²) in [5, 5.41) is 3.71. The van der Waals surface area contributed by atoms with Gasteiger partial charge >= 0.3 is 0 Å². The van der Waals surface area contributed by atoms with Gasteiger partial charge in [-0.05, 0) is 42.2 Å². The third kappa shape index (κ3) is 3.13. The number of carbonyl (C=O) groups excluding carboxylic acids is 1. The smallest absolute Gasteiger partial charge is 0.291 e. The summed E-state index contributed by atoms with van der Waals surface area (Å²) in [5.74, 6) is 1.12. The van der Waals surface area contributed by atoms with Crippen molar-refractivity contribution in [1.82, 2.24) is 0 Å². The Morgan fingerprint density at radius 1 is 1.21 bits per heavy atom. The summed E-state index contributed by atoms with van der Waals surface area (Å²) in [7, 11) is 1.58. The van der Waals surface area contributed by atoms with Crippen LogP contribution in [-0.2, 0) is 0 Å². The quantitative estimate of drug-likeness (QED) is 0.701. The van der Waals surface area contributed by atoms with E-state index in [4.69, 9.17) is 9.15 Å². The van der Waals surface area contributed by atoms with Crippen molar-refractivity contribution in [3.8, 4) is 5.75 Å². The van der Waals surface area contributed by atoms with Gasteiger partial charge in [0.2, 0.25) is 0 Å². The highest BCUT2D eigenvalue weighted by molar-refractivity contribution is 6.05. The van der Waals surface area contributed by atoms with Crippen LogP contribution < -0.4 is 10.1 Å². The van der Waals surface area contributed by atoms with E-state index in [1.165, 1.54) is 5.56 Å². The van der Waals surface area contributed by atoms with Gasteiger partial charge in [0, 0.05) is 11.1 Å². The van der Waals surface area contributed by atoms with Gasteiger partial charge in [-0.15, -0.1) is 0 Å². The number of furan rings is 1. The third-order valence-corrected chi connectivity index (χ3v) is 4.30. The lowest BCUT2D eigenvalue weighted by Crippen LogP contribution is -2.10. The van der Waals surface area contributed by atoms with Gasteiger partial charge in [0.1, 0.15) is 0 Å². The molecule has 0 saturated heterocycles. The molecule has 3 aromatic rings. The maximum atomic E-state index is 12.4. The highest BCUT2D eigenvalue weighted by Crippen LogP contribution is 2.29. The molecule has 1 aromatic heterocycles. The molecule has 0 aliphatic heterocycles. The molecule has 0 aliphatic carbocycles. The molecule has 2 aromatic carbocycles. The lowest BCUT2D eigenvalue weighted by molar-refractivity contribution is 0.0998. The largest absolute Gasteiger partial charge is 0.493 e. The number of para-hydroxylation sites is 1. The van der Waals surface area contributed by atoms with Crippen molar-refractivity contribution in [3.63, 3.8) is 0 Å². The minimum Gasteiger partial charge on any atom is -0.493 e. The first-order chi connectivity index (χ1) is 11.6. The number of rotatable bonds is 5. The first-order valence-electron chi connectivity index (χ1n) is 8.10. The summed E-state index contributed by atoms with van der Waals surface area (Å²) >= 11 is 0. The molecule has 0 bridgehead atoms. The molecule has 0 spiro atoms. The second-order valence-corrected chi connectivity index (χ2v) is 5.87. The summed E-state index contributed by atoms with van der Waals surface area (Å²) in [6.07, 6.45) is 1.09. The third-order valence-electron chi connectivity index (χ3n) is 4.30. The van der Waals surface area contributed by atoms with Crippen LogP contribution in [0.3, 0.4) is 0 Å². The van der Waals surface area contributed by atoms with Crippen LogP contribution in [0, 0.1) is 0 Å². The Hall–Kier alpha value is -2.75. The topological polar surface area (TPSA) is 51.5 Å². The fourth-order valence-electron chi connectivity index (χ4n) is 2.63. The molecule has 124 valence electrons. The van der Waals surface area contributed by atoms with E-state index in [-0.39, 0.29) is 11.7 Å². The summed E-state index contributed by atoms with van der Waals surface area (Å²) in [5.41, 5.74) is 2.60. The zero-order valence-corrected chi connectivity index (χ0v) is 14.1. The predicted molar refractivity (Wildman–Crippen MR) is 95.9 cm³/mol. The Morgan fingerprint density at radius 2 is 1.96 bits per heavy atom. The standard InChI is InChI=1S/C20H21NO3/c1-4-13(2)14-8-10-16(11-9-14)21-20(22)18-12-15-6-5-7-17(23-3)19(15)24-18/h5-13H,4H2,1-3H3,(H,21,22)/t13-/m1/s1. The molecule has 24 heavy (non-hydrogen) atoms. The van der Waals surface area contributed by atoms with Gasteiger partial charge in [0.15, 0.2) is 17.1 Å². The van der Waals surface area contributed by atoms with E-state index in [9.17, 15) is 4.79 Å². The molecular weight excluding hydrogens is 302 g/mol. The summed E-state index contributed by atoms with van der Waals surface area (Å²) in [4.78, 5) is 12.4. The minimum atomic E-state index is -0.274. The fourth-order valence-corrected chi connectivity index (χ4v) is 2.63. The van der Waals surface area contributed by atoms with Crippen LogP contribution in [0.15, 0.2) is 52.9 Å². The molecule has 4 heteroatoms. The molecule has 1 N–H and O–H groups in total. The van der Waals surface area contributed by atoms with Crippen molar-refractivity contribution in [2.45, 2.75) is 26.2 Å². The fraction of sp³-hybridized carbons (Fsp3) is 0.250. The van der Waals surface area contributed by atoms with Crippen LogP contribution in [0.25, 0.3) is 11.0 Å². The number of ether oxygens (including phenoxy) is 1. The van der Waals surface area contributed by atoms with Gasteiger partial charge in [-0.2, -0.15) is 0 Å². The van der Waals surface area contributed by atoms with Crippen molar-refractivity contribution in [3.05, 3.63) is 59.9 Å². The number of hydrogen-bond donors (Lipinski definition) is 1. The Labute approximate surface area is 141 Å². The maximum Gasteiger partial charge on any atom is 0.291 e. The first kappa shape index (κ1) is 16.1. The summed E-state index contributed by atoms with van der Waals surface area (Å²) in [6, 6.07) is 15.2. The number of carbonyl (C=O) groups is 1. The Balaban J connectivity index is 1.80. The van der Waals surface area contributed by atoms with E-state index in [0.29, 0.717) is 17.3 Å². The molecule has 0 fully saturated rings. The van der Waals surface area contributed by atoms with Crippen molar-refractivity contribution in [2.75, 3.05) is 12.4 Å². The van der Waals surface area contributed by atoms with Crippen LogP contribution in [0.4, 0.5) is 5.69 Å². The van der Waals surface area contributed by atoms with Gasteiger partial charge in [-0.25, -0.2) is 0 Å². The van der Waals surface area contributed by atoms with Crippen LogP contribution in [-0.4, -0.2) is 13.0 Å². The molecule has 1 heterocycles. The highest BCUT2D eigenvalue weighted by atomic mass is 16.5. The average Bonchev–Trinajstić information content (AvgIpc) is 3.06. The molecular formula is C20H21NO3. The number of nitrogens with one attached hydrogen (secondary N) is 1. The Morgan fingerprint density at radius 3 is 2.62 bits per heavy atom. The van der Waals surface area contributed by atoms with Gasteiger partial charge in [-0.1, -0.05) is 38.1 Å². The SMILES string of the molecule is CC[C@@H](C)c1ccc(NC(=O)c2cc3cccc(OC)c3o2)cc1. The molecule has 0 saturated carbocycles. The Bertz CT molecular complexity index is 849. The van der Waals surface area contributed by atoms with Gasteiger partial charge < -0.3 is 14.5 Å². The van der Waals surface area contributed by atoms with E-state index >= 15 is 0 Å². The average molecular weight is 323 g/mol. The van der Waals surface area contributed by atoms with Gasteiger partial charge in [-0.3, -0.25) is 4.79 Å². The lowest BCUT2D eigenvalue weighted by Gasteiger charge is -2.10. The van der Waals surface area contributed by atoms with Crippen molar-refractivity contribution >= 4 is 22.6 Å². The molecule has 4 nitrogen and oxygen atoms in total. The monoisotopic (exact) mass is 323 g/mol. The molecule has 0 aliphatic rings. The second kappa shape index (κ2) is 6.79. The van der Waals surface area contributed by atoms with E-state index in [1.54, 1.807) is 19.2 Å². The van der Waals surface area contributed by atoms with Crippen molar-refractivity contribution < 1.29 is 13.9 Å². The lowest BCUT2D eigenvalue weighted by atomic mass is 9.99. The molecule has 0 radical (unpaired) electrons. The summed E-state index contributed by atoms with van der Waals surface area (Å²) < 4.78 is 10.9. The highest BCUT2D eigenvalue weighted by Gasteiger charge is 2.15. The van der Waals surface area contributed by atoms with E-state index < -0.39 is 0 Å². The van der Waals surface area contributed by atoms with Crippen molar-refractivity contribution in [1.29, 1.82) is 0 Å². The molecule has 3 rings (SSSR count). The molecule has 1 atom stereocenters. The summed E-state index contributed by atoms with van der Waals surface area (Å²) in [6.45, 7) is 4.35. The van der Waals surface area contributed by atoms with E-state index in [0.717, 1.165) is 17.5 Å². The van der Waals surface area contributed by atoms with Crippen LogP contribution >= 0.6 is 0 Å². The maximum absolute atomic E-state index is 12.4. The van der Waals surface area contributed by atoms with Crippen LogP contribution in [0.1, 0.15) is 42.3 Å². The van der Waals surface area contributed by atoms with Gasteiger partial charge in [0.25, 0.3) is 5.91 Å². The predicted octanol–water partition coefficient (Wildman–Crippen LogP) is 5.21. The van der Waals surface area contributed by atoms with Crippen LogP contribution in [0.5, 0.6) is 5.75 Å². The zero-order valence-electron chi connectivity index (χ0n) is 14.1. The van der Waals surface area contributed by atoms with E-state index in [1.807, 2.05) is 36.4 Å². The minimum absolute atomic E-state index is 0.264. The number of anilines is 1. The zero-order chi connectivity index (χ0) is 17.1.